The fraction of sp³-hybridized carbons (Fsp3) is 0.902. The first-order valence-corrected chi connectivity index (χ1v) is 27.0. The van der Waals surface area contributed by atoms with E-state index < -0.39 is 48.0 Å². The monoisotopic (exact) mass is 973 g/mol. The van der Waals surface area contributed by atoms with Crippen LogP contribution in [-0.4, -0.2) is 208 Å². The second kappa shape index (κ2) is 25.8. The zero-order chi connectivity index (χ0) is 48.3. The molecule has 0 bridgehead atoms. The number of hydrogen-bond acceptors (Lipinski definition) is 15. The number of likely N-dealkylation sites (tertiary alicyclic amines) is 2. The first-order valence-electron chi connectivity index (χ1n) is 27.0. The molecule has 8 aliphatic rings. The van der Waals surface area contributed by atoms with Crippen molar-refractivity contribution in [1.82, 2.24) is 30.2 Å². The lowest BCUT2D eigenvalue weighted by molar-refractivity contribution is -0.169. The molecule has 0 aromatic carbocycles. The first-order chi connectivity index (χ1) is 33.5. The van der Waals surface area contributed by atoms with Crippen molar-refractivity contribution in [2.75, 3.05) is 118 Å². The van der Waals surface area contributed by atoms with Crippen LogP contribution in [0.4, 0.5) is 0 Å². The van der Waals surface area contributed by atoms with Gasteiger partial charge >= 0.3 is 0 Å². The van der Waals surface area contributed by atoms with Gasteiger partial charge in [-0.25, -0.2) is 0 Å². The van der Waals surface area contributed by atoms with E-state index in [1.165, 1.54) is 25.7 Å². The van der Waals surface area contributed by atoms with Crippen LogP contribution in [0.3, 0.4) is 0 Å². The zero-order valence-electron chi connectivity index (χ0n) is 41.4. The van der Waals surface area contributed by atoms with E-state index >= 15 is 0 Å². The van der Waals surface area contributed by atoms with Gasteiger partial charge in [0.15, 0.2) is 0 Å². The lowest BCUT2D eigenvalue weighted by Gasteiger charge is -2.43. The Morgan fingerprint density at radius 3 is 2.07 bits per heavy atom. The molecule has 4 saturated carbocycles. The Labute approximate surface area is 409 Å². The van der Waals surface area contributed by atoms with Crippen molar-refractivity contribution in [3.05, 3.63) is 0 Å². The highest BCUT2D eigenvalue weighted by molar-refractivity contribution is 6.10. The van der Waals surface area contributed by atoms with Gasteiger partial charge in [0.25, 0.3) is 0 Å². The Balaban J connectivity index is 0.604. The Bertz CT molecular complexity index is 1700. The number of carbonyl (C=O) groups is 5. The summed E-state index contributed by atoms with van der Waals surface area (Å²) in [7, 11) is 0. The van der Waals surface area contributed by atoms with Crippen LogP contribution >= 0.6 is 0 Å². The third-order valence-corrected chi connectivity index (χ3v) is 17.2. The van der Waals surface area contributed by atoms with Gasteiger partial charge in [0.05, 0.1) is 88.9 Å². The van der Waals surface area contributed by atoms with Crippen molar-refractivity contribution < 1.29 is 57.9 Å². The van der Waals surface area contributed by atoms with Gasteiger partial charge in [0.2, 0.25) is 29.5 Å². The molecular weight excluding hydrogens is 889 g/mol. The summed E-state index contributed by atoms with van der Waals surface area (Å²) in [6, 6.07) is -0.798. The van der Waals surface area contributed by atoms with Crippen LogP contribution in [0.15, 0.2) is 0 Å². The van der Waals surface area contributed by atoms with Gasteiger partial charge in [-0.2, -0.15) is 0 Å². The normalized spacial score (nSPS) is 35.1. The molecule has 390 valence electrons. The van der Waals surface area contributed by atoms with Crippen LogP contribution in [-0.2, 0) is 47.7 Å². The first kappa shape index (κ1) is 52.7. The fourth-order valence-corrected chi connectivity index (χ4v) is 13.1. The van der Waals surface area contributed by atoms with Crippen molar-refractivity contribution in [3.8, 4) is 0 Å². The van der Waals surface area contributed by atoms with E-state index in [-0.39, 0.29) is 54.9 Å². The van der Waals surface area contributed by atoms with Crippen LogP contribution in [0.5, 0.6) is 0 Å². The molecular formula is C51H84N6O12. The molecule has 18 heteroatoms. The number of piperidine rings is 1. The lowest BCUT2D eigenvalue weighted by atomic mass is 9.75. The number of piperazine rings is 1. The van der Waals surface area contributed by atoms with Crippen molar-refractivity contribution in [1.29, 1.82) is 0 Å². The van der Waals surface area contributed by atoms with Gasteiger partial charge < -0.3 is 49.0 Å². The number of aliphatic hydroxyl groups excluding tert-OH is 2. The van der Waals surface area contributed by atoms with Crippen LogP contribution in [0.2, 0.25) is 0 Å². The molecule has 0 aromatic heterocycles. The van der Waals surface area contributed by atoms with Crippen molar-refractivity contribution in [3.63, 3.8) is 0 Å². The number of imide groups is 2. The van der Waals surface area contributed by atoms with Crippen LogP contribution in [0.1, 0.15) is 96.8 Å². The van der Waals surface area contributed by atoms with Crippen LogP contribution in [0, 0.1) is 47.3 Å². The maximum atomic E-state index is 14.2. The molecule has 8 rings (SSSR count). The summed E-state index contributed by atoms with van der Waals surface area (Å²) in [5, 5.41) is 27.6. The van der Waals surface area contributed by atoms with E-state index in [0.29, 0.717) is 103 Å². The standard InChI is InChI=1S/C51H84N6O12/c1-34-43(58)29-44(59)46(47(34)69-33-35-5-3-2-4-6-35)51(64)56-31-37-8-7-36(27-38(37)32-56)30-55-16-14-54(15-17-55)18-20-66-22-24-68-26-25-67-23-21-65-19-13-52-39-9-10-40-41(28-39)50(63)57(49(40)62)42-11-12-45(60)53-48(42)61/h34-44,46-47,52,58-59H,2-33H2,1H3,(H,53,60,61). The van der Waals surface area contributed by atoms with E-state index in [2.05, 4.69) is 20.4 Å². The predicted octanol–water partition coefficient (Wildman–Crippen LogP) is 1.44. The van der Waals surface area contributed by atoms with E-state index in [1.807, 2.05) is 11.8 Å². The number of carbonyl (C=O) groups excluding carboxylic acids is 5. The summed E-state index contributed by atoms with van der Waals surface area (Å²) in [5.41, 5.74) is 0. The number of ether oxygens (including phenoxy) is 5. The maximum Gasteiger partial charge on any atom is 0.249 e. The summed E-state index contributed by atoms with van der Waals surface area (Å²) < 4.78 is 29.4. The minimum Gasteiger partial charge on any atom is -0.393 e. The summed E-state index contributed by atoms with van der Waals surface area (Å²) in [4.78, 5) is 72.5. The van der Waals surface area contributed by atoms with Gasteiger partial charge in [0, 0.05) is 90.3 Å². The lowest BCUT2D eigenvalue weighted by Crippen LogP contribution is -2.55. The summed E-state index contributed by atoms with van der Waals surface area (Å²) in [6.07, 6.45) is 10.1. The topological polar surface area (TPSA) is 209 Å². The maximum absolute atomic E-state index is 14.2. The van der Waals surface area contributed by atoms with E-state index in [1.54, 1.807) is 0 Å². The van der Waals surface area contributed by atoms with Crippen molar-refractivity contribution >= 4 is 29.5 Å². The van der Waals surface area contributed by atoms with Crippen LogP contribution in [0.25, 0.3) is 0 Å². The highest BCUT2D eigenvalue weighted by Crippen LogP contribution is 2.43. The predicted molar refractivity (Wildman–Crippen MR) is 253 cm³/mol. The van der Waals surface area contributed by atoms with Gasteiger partial charge in [0.1, 0.15) is 6.04 Å². The molecule has 0 spiro atoms. The number of fused-ring (bicyclic) bond motifs is 2. The van der Waals surface area contributed by atoms with Crippen molar-refractivity contribution in [2.24, 2.45) is 47.3 Å². The van der Waals surface area contributed by atoms with E-state index in [9.17, 15) is 34.2 Å². The molecule has 12 unspecified atom stereocenters. The molecule has 4 aliphatic heterocycles. The highest BCUT2D eigenvalue weighted by Gasteiger charge is 2.54. The number of nitrogens with zero attached hydrogens (tertiary/aromatic N) is 4. The SMILES string of the molecule is CC1C(O)CC(O)C(C(=O)N2CC3CCC(CN4CCN(CCOCCOCCOCCOCCNC5CCC6C(=O)N(C7CCC(=O)NC7=O)C(=O)C6C5)CC4)CC3C2)C1OCC1CCCCC1. The molecule has 69 heavy (non-hydrogen) atoms. The minimum absolute atomic E-state index is 0.0344. The van der Waals surface area contributed by atoms with Crippen molar-refractivity contribution in [2.45, 2.75) is 127 Å². The van der Waals surface area contributed by atoms with E-state index in [4.69, 9.17) is 23.7 Å². The molecule has 4 heterocycles. The number of hydrogen-bond donors (Lipinski definition) is 4. The fourth-order valence-electron chi connectivity index (χ4n) is 13.1. The van der Waals surface area contributed by atoms with E-state index in [0.717, 1.165) is 89.4 Å². The molecule has 5 amide bonds. The molecule has 4 aliphatic carbocycles. The molecule has 8 fully saturated rings. The largest absolute Gasteiger partial charge is 0.393 e. The number of rotatable bonds is 23. The van der Waals surface area contributed by atoms with Gasteiger partial charge in [-0.3, -0.25) is 39.1 Å². The Kier molecular flexibility index (Phi) is 19.7. The number of aliphatic hydroxyl groups is 2. The third-order valence-electron chi connectivity index (χ3n) is 17.2. The van der Waals surface area contributed by atoms with Crippen LogP contribution < -0.4 is 10.6 Å². The molecule has 12 atom stereocenters. The number of nitrogens with one attached hydrogen (secondary N) is 2. The molecule has 0 aromatic rings. The third kappa shape index (κ3) is 13.9. The second-order valence-corrected chi connectivity index (χ2v) is 21.8. The van der Waals surface area contributed by atoms with Gasteiger partial charge in [-0.1, -0.05) is 26.2 Å². The highest BCUT2D eigenvalue weighted by atomic mass is 16.6. The summed E-state index contributed by atoms with van der Waals surface area (Å²) >= 11 is 0. The molecule has 0 radical (unpaired) electrons. The average Bonchev–Trinajstić information content (AvgIpc) is 3.88. The summed E-state index contributed by atoms with van der Waals surface area (Å²) in [5.74, 6) is -0.869. The summed E-state index contributed by atoms with van der Waals surface area (Å²) in [6.45, 7) is 15.2. The Morgan fingerprint density at radius 2 is 1.35 bits per heavy atom. The average molecular weight is 973 g/mol. The minimum atomic E-state index is -0.889. The van der Waals surface area contributed by atoms with Gasteiger partial charge in [-0.05, 0) is 81.5 Å². The molecule has 4 saturated heterocycles. The molecule has 18 nitrogen and oxygen atoms in total. The quantitative estimate of drug-likeness (QED) is 0.0844. The second-order valence-electron chi connectivity index (χ2n) is 21.8. The zero-order valence-corrected chi connectivity index (χ0v) is 41.4. The van der Waals surface area contributed by atoms with Gasteiger partial charge in [-0.15, -0.1) is 0 Å². The Morgan fingerprint density at radius 1 is 0.681 bits per heavy atom. The molecule has 4 N–H and O–H groups in total. The Hall–Kier alpha value is -2.65. The number of amides is 5. The smallest absolute Gasteiger partial charge is 0.249 e.